The van der Waals surface area contributed by atoms with Crippen molar-refractivity contribution >= 4 is 16.7 Å². The second kappa shape index (κ2) is 7.15. The van der Waals surface area contributed by atoms with Gasteiger partial charge >= 0.3 is 0 Å². The topological polar surface area (TPSA) is 41.1 Å². The average Bonchev–Trinajstić information content (AvgIpc) is 2.63. The zero-order chi connectivity index (χ0) is 17.1. The highest BCUT2D eigenvalue weighted by Crippen LogP contribution is 2.24. The fourth-order valence-electron chi connectivity index (χ4n) is 3.53. The van der Waals surface area contributed by atoms with Gasteiger partial charge in [0, 0.05) is 19.1 Å². The fourth-order valence-corrected chi connectivity index (χ4v) is 3.53. The van der Waals surface area contributed by atoms with E-state index >= 15 is 0 Å². The van der Waals surface area contributed by atoms with Gasteiger partial charge in [0.2, 0.25) is 0 Å². The number of anilines is 1. The van der Waals surface area contributed by atoms with Gasteiger partial charge in [0.25, 0.3) is 0 Å². The molecule has 2 aromatic carbocycles. The van der Waals surface area contributed by atoms with Crippen molar-refractivity contribution in [3.63, 3.8) is 0 Å². The molecule has 1 aromatic heterocycles. The van der Waals surface area contributed by atoms with E-state index in [4.69, 9.17) is 0 Å². The Morgan fingerprint density at radius 1 is 1.08 bits per heavy atom. The molecule has 0 spiro atoms. The van der Waals surface area contributed by atoms with E-state index in [0.29, 0.717) is 16.7 Å². The number of aromatic nitrogens is 2. The molecule has 1 fully saturated rings. The lowest BCUT2D eigenvalue weighted by Gasteiger charge is -2.33. The van der Waals surface area contributed by atoms with E-state index in [-0.39, 0.29) is 11.9 Å². The summed E-state index contributed by atoms with van der Waals surface area (Å²) in [5.41, 5.74) is 1.95. The van der Waals surface area contributed by atoms with E-state index in [0.717, 1.165) is 32.5 Å². The average molecular weight is 336 g/mol. The Hall–Kier alpha value is -2.53. The third kappa shape index (κ3) is 3.61. The molecule has 0 bridgehead atoms. The largest absolute Gasteiger partial charge is 0.365 e. The van der Waals surface area contributed by atoms with Crippen LogP contribution in [0.25, 0.3) is 10.9 Å². The minimum absolute atomic E-state index is 0.259. The maximum Gasteiger partial charge on any atom is 0.140 e. The lowest BCUT2D eigenvalue weighted by atomic mass is 10.0. The lowest BCUT2D eigenvalue weighted by molar-refractivity contribution is 0.208. The maximum absolute atomic E-state index is 14.2. The van der Waals surface area contributed by atoms with Crippen LogP contribution in [0.15, 0.2) is 54.9 Å². The molecule has 3 aromatic rings. The van der Waals surface area contributed by atoms with Gasteiger partial charge in [0.1, 0.15) is 18.0 Å². The van der Waals surface area contributed by atoms with E-state index in [2.05, 4.69) is 44.5 Å². The first kappa shape index (κ1) is 16.0. The molecule has 1 unspecified atom stereocenters. The molecule has 1 N–H and O–H groups in total. The molecule has 1 aliphatic rings. The Bertz CT molecular complexity index is 847. The second-order valence-corrected chi connectivity index (χ2v) is 6.56. The van der Waals surface area contributed by atoms with Crippen LogP contribution in [-0.4, -0.2) is 34.0 Å². The van der Waals surface area contributed by atoms with Crippen LogP contribution in [0.1, 0.15) is 18.4 Å². The minimum Gasteiger partial charge on any atom is -0.365 e. The number of benzene rings is 2. The smallest absolute Gasteiger partial charge is 0.140 e. The zero-order valence-electron chi connectivity index (χ0n) is 14.0. The Morgan fingerprint density at radius 3 is 2.84 bits per heavy atom. The van der Waals surface area contributed by atoms with Crippen molar-refractivity contribution in [3.05, 3.63) is 66.2 Å². The van der Waals surface area contributed by atoms with Gasteiger partial charge in [0.05, 0.1) is 10.9 Å². The highest BCUT2D eigenvalue weighted by Gasteiger charge is 2.21. The summed E-state index contributed by atoms with van der Waals surface area (Å²) in [7, 11) is 0. The number of fused-ring (bicyclic) bond motifs is 1. The zero-order valence-corrected chi connectivity index (χ0v) is 14.0. The van der Waals surface area contributed by atoms with Crippen LogP contribution in [0.4, 0.5) is 10.2 Å². The van der Waals surface area contributed by atoms with Crippen LogP contribution in [0, 0.1) is 5.82 Å². The Labute approximate surface area is 146 Å². The van der Waals surface area contributed by atoms with Crippen molar-refractivity contribution in [1.82, 2.24) is 14.9 Å². The van der Waals surface area contributed by atoms with Gasteiger partial charge in [-0.05, 0) is 37.1 Å². The molecule has 0 radical (unpaired) electrons. The number of hydrogen-bond acceptors (Lipinski definition) is 4. The van der Waals surface area contributed by atoms with Gasteiger partial charge in [-0.3, -0.25) is 4.90 Å². The Kier molecular flexibility index (Phi) is 4.57. The predicted molar refractivity (Wildman–Crippen MR) is 97.9 cm³/mol. The molecule has 5 heteroatoms. The molecule has 1 aliphatic heterocycles. The third-order valence-electron chi connectivity index (χ3n) is 4.71. The van der Waals surface area contributed by atoms with Gasteiger partial charge in [-0.2, -0.15) is 0 Å². The molecule has 0 saturated carbocycles. The first-order valence-corrected chi connectivity index (χ1v) is 8.71. The summed E-state index contributed by atoms with van der Waals surface area (Å²) in [6.07, 6.45) is 3.68. The maximum atomic E-state index is 14.2. The van der Waals surface area contributed by atoms with E-state index in [9.17, 15) is 4.39 Å². The number of rotatable bonds is 4. The first-order valence-electron chi connectivity index (χ1n) is 8.71. The fraction of sp³-hybridized carbons (Fsp3) is 0.300. The van der Waals surface area contributed by atoms with Crippen molar-refractivity contribution in [2.45, 2.75) is 25.4 Å². The van der Waals surface area contributed by atoms with Gasteiger partial charge in [0.15, 0.2) is 0 Å². The normalized spacial score (nSPS) is 18.4. The number of likely N-dealkylation sites (tertiary alicyclic amines) is 1. The molecule has 0 amide bonds. The summed E-state index contributed by atoms with van der Waals surface area (Å²) in [6.45, 7) is 2.96. The first-order chi connectivity index (χ1) is 12.3. The highest BCUT2D eigenvalue weighted by molar-refractivity contribution is 5.89. The second-order valence-electron chi connectivity index (χ2n) is 6.56. The summed E-state index contributed by atoms with van der Waals surface area (Å²) in [5.74, 6) is 0.312. The van der Waals surface area contributed by atoms with Gasteiger partial charge in [-0.15, -0.1) is 0 Å². The SMILES string of the molecule is Fc1cccc2ncnc(NC3CCCN(Cc4ccccc4)C3)c12. The monoisotopic (exact) mass is 336 g/mol. The molecule has 25 heavy (non-hydrogen) atoms. The quantitative estimate of drug-likeness (QED) is 0.786. The van der Waals surface area contributed by atoms with Gasteiger partial charge < -0.3 is 5.32 Å². The van der Waals surface area contributed by atoms with Crippen LogP contribution in [0.5, 0.6) is 0 Å². The van der Waals surface area contributed by atoms with Crippen LogP contribution in [0.2, 0.25) is 0 Å². The van der Waals surface area contributed by atoms with Crippen molar-refractivity contribution in [2.75, 3.05) is 18.4 Å². The van der Waals surface area contributed by atoms with Crippen LogP contribution in [-0.2, 0) is 6.54 Å². The van der Waals surface area contributed by atoms with Crippen molar-refractivity contribution < 1.29 is 4.39 Å². The van der Waals surface area contributed by atoms with Crippen LogP contribution in [0.3, 0.4) is 0 Å². The standard InChI is InChI=1S/C20H21FN4/c21-17-9-4-10-18-19(17)20(23-14-22-18)24-16-8-5-11-25(13-16)12-15-6-2-1-3-7-15/h1-4,6-7,9-10,14,16H,5,8,11-13H2,(H,22,23,24). The number of piperidine rings is 1. The number of nitrogens with zero attached hydrogens (tertiary/aromatic N) is 3. The molecule has 0 aliphatic carbocycles. The summed E-state index contributed by atoms with van der Waals surface area (Å²) in [6, 6.07) is 15.7. The van der Waals surface area contributed by atoms with Crippen molar-refractivity contribution in [2.24, 2.45) is 0 Å². The summed E-state index contributed by atoms with van der Waals surface area (Å²) in [5, 5.41) is 3.92. The van der Waals surface area contributed by atoms with E-state index in [1.54, 1.807) is 6.07 Å². The van der Waals surface area contributed by atoms with Crippen LogP contribution < -0.4 is 5.32 Å². The van der Waals surface area contributed by atoms with E-state index in [1.165, 1.54) is 18.0 Å². The van der Waals surface area contributed by atoms with E-state index < -0.39 is 0 Å². The molecule has 1 saturated heterocycles. The van der Waals surface area contributed by atoms with Gasteiger partial charge in [-0.25, -0.2) is 14.4 Å². The van der Waals surface area contributed by atoms with E-state index in [1.807, 2.05) is 12.1 Å². The van der Waals surface area contributed by atoms with Crippen molar-refractivity contribution in [3.8, 4) is 0 Å². The Morgan fingerprint density at radius 2 is 1.96 bits per heavy atom. The summed E-state index contributed by atoms with van der Waals surface area (Å²) < 4.78 is 14.2. The minimum atomic E-state index is -0.280. The summed E-state index contributed by atoms with van der Waals surface area (Å²) in [4.78, 5) is 10.9. The van der Waals surface area contributed by atoms with Gasteiger partial charge in [-0.1, -0.05) is 36.4 Å². The predicted octanol–water partition coefficient (Wildman–Crippen LogP) is 3.85. The molecular weight excluding hydrogens is 315 g/mol. The molecular formula is C20H21FN4. The third-order valence-corrected chi connectivity index (χ3v) is 4.71. The molecule has 128 valence electrons. The molecule has 2 heterocycles. The highest BCUT2D eigenvalue weighted by atomic mass is 19.1. The molecule has 4 rings (SSSR count). The molecule has 4 nitrogen and oxygen atoms in total. The lowest BCUT2D eigenvalue weighted by Crippen LogP contribution is -2.41. The molecule has 1 atom stereocenters. The van der Waals surface area contributed by atoms with Crippen LogP contribution >= 0.6 is 0 Å². The van der Waals surface area contributed by atoms with Crippen molar-refractivity contribution in [1.29, 1.82) is 0 Å². The number of nitrogens with one attached hydrogen (secondary N) is 1. The Balaban J connectivity index is 1.49. The number of hydrogen-bond donors (Lipinski definition) is 1. The number of halogens is 1. The summed E-state index contributed by atoms with van der Waals surface area (Å²) >= 11 is 0.